The van der Waals surface area contributed by atoms with Gasteiger partial charge in [0.15, 0.2) is 10.8 Å². The van der Waals surface area contributed by atoms with Gasteiger partial charge in [-0.1, -0.05) is 60.6 Å². The fourth-order valence-electron chi connectivity index (χ4n) is 3.11. The van der Waals surface area contributed by atoms with E-state index in [4.69, 9.17) is 21.7 Å². The van der Waals surface area contributed by atoms with E-state index in [-0.39, 0.29) is 5.91 Å². The average Bonchev–Trinajstić information content (AvgIpc) is 2.67. The van der Waals surface area contributed by atoms with Crippen molar-refractivity contribution in [3.05, 3.63) is 69.7 Å². The molecule has 2 heterocycles. The number of hydrogen-bond donors (Lipinski definition) is 1. The smallest absolute Gasteiger partial charge is 0.276 e. The van der Waals surface area contributed by atoms with Crippen molar-refractivity contribution in [2.75, 3.05) is 0 Å². The first kappa shape index (κ1) is 18.1. The zero-order valence-corrected chi connectivity index (χ0v) is 16.6. The van der Waals surface area contributed by atoms with Gasteiger partial charge >= 0.3 is 0 Å². The van der Waals surface area contributed by atoms with Crippen LogP contribution in [0.25, 0.3) is 5.70 Å². The second-order valence-electron chi connectivity index (χ2n) is 6.63. The van der Waals surface area contributed by atoms with E-state index < -0.39 is 5.66 Å². The molecule has 0 spiro atoms. The molecule has 4 rings (SSSR count). The fourth-order valence-corrected chi connectivity index (χ4v) is 4.03. The first-order chi connectivity index (χ1) is 13.0. The Morgan fingerprint density at radius 1 is 1.19 bits per heavy atom. The number of nitrogens with zero attached hydrogens (tertiary/aromatic N) is 3. The molecule has 2 aliphatic heterocycles. The molecule has 2 aromatic carbocycles. The third-order valence-corrected chi connectivity index (χ3v) is 5.96. The van der Waals surface area contributed by atoms with E-state index in [1.807, 2.05) is 55.5 Å². The number of halogens is 1. The Hall–Kier alpha value is -2.31. The lowest BCUT2D eigenvalue weighted by atomic mass is 10.0. The molecule has 5 nitrogen and oxygen atoms in total. The molecular weight excluding hydrogens is 380 g/mol. The van der Waals surface area contributed by atoms with Gasteiger partial charge in [0.25, 0.3) is 5.91 Å². The van der Waals surface area contributed by atoms with E-state index in [0.29, 0.717) is 21.6 Å². The van der Waals surface area contributed by atoms with Gasteiger partial charge in [0.05, 0.1) is 5.36 Å². The molecule has 0 bridgehead atoms. The second kappa shape index (κ2) is 7.02. The van der Waals surface area contributed by atoms with E-state index in [2.05, 4.69) is 12.2 Å². The standard InChI is InChI=1S/C20H19ClN4OS/c1-3-20(2)23-16-7-5-4-6-15(16)17-18(26)22-19(24-25(17)20)27-12-13-8-10-14(21)11-9-13/h4-11H,3,12H2,1-2H3,(H,22,24,26)/t20-/m1/s1. The van der Waals surface area contributed by atoms with Crippen molar-refractivity contribution in [2.24, 2.45) is 10.1 Å². The molecule has 2 aliphatic rings. The van der Waals surface area contributed by atoms with Crippen LogP contribution >= 0.6 is 23.4 Å². The van der Waals surface area contributed by atoms with Crippen LogP contribution in [-0.4, -0.2) is 21.7 Å². The van der Waals surface area contributed by atoms with Crippen LogP contribution in [-0.2, 0) is 10.5 Å². The van der Waals surface area contributed by atoms with Crippen molar-refractivity contribution in [3.8, 4) is 0 Å². The van der Waals surface area contributed by atoms with Crippen LogP contribution in [0.1, 0.15) is 25.8 Å². The molecular formula is C20H19ClN4OS. The minimum Gasteiger partial charge on any atom is -0.298 e. The first-order valence-electron chi connectivity index (χ1n) is 8.77. The van der Waals surface area contributed by atoms with Crippen LogP contribution in [0.5, 0.6) is 0 Å². The maximum absolute atomic E-state index is 12.9. The molecule has 0 aromatic heterocycles. The number of para-hydroxylation sites is 1. The van der Waals surface area contributed by atoms with Gasteiger partial charge in [-0.05, 0) is 37.1 Å². The van der Waals surface area contributed by atoms with E-state index in [9.17, 15) is 4.79 Å². The molecule has 1 atom stereocenters. The van der Waals surface area contributed by atoms with Gasteiger partial charge in [0.1, 0.15) is 5.70 Å². The SMILES string of the molecule is CC[C@]1(C)N=c2ccccc2=C2C(=O)NC(SCc3ccc(Cl)cc3)=NN21. The number of carbonyl (C=O) groups excluding carboxylic acids is 1. The highest BCUT2D eigenvalue weighted by molar-refractivity contribution is 8.13. The van der Waals surface area contributed by atoms with Gasteiger partial charge in [-0.3, -0.25) is 15.1 Å². The summed E-state index contributed by atoms with van der Waals surface area (Å²) in [7, 11) is 0. The number of hydrogen-bond acceptors (Lipinski definition) is 5. The summed E-state index contributed by atoms with van der Waals surface area (Å²) in [5.74, 6) is 0.543. The van der Waals surface area contributed by atoms with Crippen LogP contribution in [0, 0.1) is 0 Å². The Bertz CT molecular complexity index is 1050. The molecule has 1 amide bonds. The van der Waals surface area contributed by atoms with E-state index >= 15 is 0 Å². The Labute approximate surface area is 166 Å². The number of amides is 1. The lowest BCUT2D eigenvalue weighted by Crippen LogP contribution is -2.57. The summed E-state index contributed by atoms with van der Waals surface area (Å²) in [5, 5.41) is 12.4. The molecule has 0 fully saturated rings. The summed E-state index contributed by atoms with van der Waals surface area (Å²) in [6.45, 7) is 4.06. The number of hydrazone groups is 1. The van der Waals surface area contributed by atoms with Gasteiger partial charge < -0.3 is 0 Å². The number of rotatable bonds is 3. The normalized spacial score (nSPS) is 21.0. The molecule has 0 saturated heterocycles. The van der Waals surface area contributed by atoms with Crippen LogP contribution in [0.3, 0.4) is 0 Å². The molecule has 0 saturated carbocycles. The lowest BCUT2D eigenvalue weighted by Gasteiger charge is -2.40. The number of nitrogens with one attached hydrogen (secondary N) is 1. The number of benzene rings is 2. The Kier molecular flexibility index (Phi) is 4.70. The molecule has 2 aromatic rings. The Morgan fingerprint density at radius 3 is 2.67 bits per heavy atom. The highest BCUT2D eigenvalue weighted by Crippen LogP contribution is 2.30. The maximum atomic E-state index is 12.9. The minimum absolute atomic E-state index is 0.148. The van der Waals surface area contributed by atoms with E-state index in [0.717, 1.165) is 22.6 Å². The number of carbonyl (C=O) groups is 1. The highest BCUT2D eigenvalue weighted by Gasteiger charge is 2.40. The predicted octanol–water partition coefficient (Wildman–Crippen LogP) is 2.84. The van der Waals surface area contributed by atoms with Gasteiger partial charge in [0, 0.05) is 16.0 Å². The van der Waals surface area contributed by atoms with Gasteiger partial charge in [-0.25, -0.2) is 5.01 Å². The fraction of sp³-hybridized carbons (Fsp3) is 0.250. The van der Waals surface area contributed by atoms with Gasteiger partial charge in [-0.15, -0.1) is 5.10 Å². The van der Waals surface area contributed by atoms with E-state index in [1.165, 1.54) is 11.8 Å². The van der Waals surface area contributed by atoms with Crippen molar-refractivity contribution in [1.82, 2.24) is 10.3 Å². The minimum atomic E-state index is -0.590. The largest absolute Gasteiger partial charge is 0.298 e. The predicted molar refractivity (Wildman–Crippen MR) is 109 cm³/mol. The van der Waals surface area contributed by atoms with Crippen molar-refractivity contribution in [1.29, 1.82) is 0 Å². The molecule has 0 radical (unpaired) electrons. The molecule has 7 heteroatoms. The van der Waals surface area contributed by atoms with Crippen molar-refractivity contribution >= 4 is 40.1 Å². The summed E-state index contributed by atoms with van der Waals surface area (Å²) >= 11 is 7.42. The van der Waals surface area contributed by atoms with Crippen LogP contribution in [0.15, 0.2) is 58.6 Å². The molecule has 0 aliphatic carbocycles. The van der Waals surface area contributed by atoms with Crippen molar-refractivity contribution < 1.29 is 4.79 Å². The molecule has 138 valence electrons. The number of fused-ring (bicyclic) bond motifs is 2. The molecule has 0 unspecified atom stereocenters. The summed E-state index contributed by atoms with van der Waals surface area (Å²) in [5.41, 5.74) is 1.08. The summed E-state index contributed by atoms with van der Waals surface area (Å²) in [4.78, 5) is 17.8. The first-order valence-corrected chi connectivity index (χ1v) is 10.1. The third-order valence-electron chi connectivity index (χ3n) is 4.77. The van der Waals surface area contributed by atoms with Crippen LogP contribution in [0.4, 0.5) is 0 Å². The van der Waals surface area contributed by atoms with E-state index in [1.54, 1.807) is 5.01 Å². The number of amidine groups is 1. The maximum Gasteiger partial charge on any atom is 0.276 e. The second-order valence-corrected chi connectivity index (χ2v) is 8.03. The van der Waals surface area contributed by atoms with Crippen molar-refractivity contribution in [3.63, 3.8) is 0 Å². The zero-order valence-electron chi connectivity index (χ0n) is 15.1. The van der Waals surface area contributed by atoms with Crippen molar-refractivity contribution in [2.45, 2.75) is 31.7 Å². The Balaban J connectivity index is 1.70. The summed E-state index contributed by atoms with van der Waals surface area (Å²) in [6.07, 6.45) is 0.733. The average molecular weight is 399 g/mol. The zero-order chi connectivity index (χ0) is 19.0. The molecule has 27 heavy (non-hydrogen) atoms. The van der Waals surface area contributed by atoms with Gasteiger partial charge in [-0.2, -0.15) is 0 Å². The number of thioether (sulfide) groups is 1. The third kappa shape index (κ3) is 3.35. The Morgan fingerprint density at radius 2 is 1.93 bits per heavy atom. The quantitative estimate of drug-likeness (QED) is 0.864. The summed E-state index contributed by atoms with van der Waals surface area (Å²) < 4.78 is 0. The lowest BCUT2D eigenvalue weighted by molar-refractivity contribution is -0.116. The van der Waals surface area contributed by atoms with Crippen LogP contribution < -0.4 is 15.9 Å². The molecule has 1 N–H and O–H groups in total. The highest BCUT2D eigenvalue weighted by atomic mass is 35.5. The topological polar surface area (TPSA) is 57.1 Å². The monoisotopic (exact) mass is 398 g/mol. The summed E-state index contributed by atoms with van der Waals surface area (Å²) in [6, 6.07) is 15.4. The van der Waals surface area contributed by atoms with Gasteiger partial charge in [0.2, 0.25) is 0 Å². The van der Waals surface area contributed by atoms with Crippen LogP contribution in [0.2, 0.25) is 5.02 Å².